The van der Waals surface area contributed by atoms with Crippen LogP contribution >= 0.6 is 0 Å². The molecule has 1 unspecified atom stereocenters. The van der Waals surface area contributed by atoms with E-state index in [2.05, 4.69) is 0 Å². The summed E-state index contributed by atoms with van der Waals surface area (Å²) in [4.78, 5) is 0. The molecule has 0 saturated heterocycles. The van der Waals surface area contributed by atoms with Crippen LogP contribution in [0.25, 0.3) is 0 Å². The van der Waals surface area contributed by atoms with E-state index in [9.17, 15) is 0 Å². The molecular formula is C14H23NO3. The predicted molar refractivity (Wildman–Crippen MR) is 72.0 cm³/mol. The zero-order valence-corrected chi connectivity index (χ0v) is 11.4. The first-order valence-corrected chi connectivity index (χ1v) is 6.15. The molecule has 2 N–H and O–H groups in total. The molecule has 0 aliphatic heterocycles. The van der Waals surface area contributed by atoms with Gasteiger partial charge in [0.2, 0.25) is 0 Å². The molecule has 1 aromatic rings. The molecule has 0 fully saturated rings. The lowest BCUT2D eigenvalue weighted by molar-refractivity contribution is 0.0672. The van der Waals surface area contributed by atoms with Crippen LogP contribution in [0.15, 0.2) is 18.2 Å². The van der Waals surface area contributed by atoms with Crippen LogP contribution in [0.2, 0.25) is 0 Å². The number of hydrogen-bond acceptors (Lipinski definition) is 4. The van der Waals surface area contributed by atoms with Gasteiger partial charge in [0, 0.05) is 19.8 Å². The van der Waals surface area contributed by atoms with Gasteiger partial charge in [-0.05, 0) is 36.6 Å². The van der Waals surface area contributed by atoms with Crippen LogP contribution in [0.5, 0.6) is 5.75 Å². The Morgan fingerprint density at radius 1 is 1.17 bits per heavy atom. The standard InChI is InChI=1S/C14H23NO3/c1-11-10-12(17-3)4-5-13(11)14(15)6-7-18-9-8-16-2/h4-5,10,14H,6-9,15H2,1-3H3. The summed E-state index contributed by atoms with van der Waals surface area (Å²) in [6.07, 6.45) is 0.802. The van der Waals surface area contributed by atoms with Crippen LogP contribution in [0.4, 0.5) is 0 Å². The van der Waals surface area contributed by atoms with E-state index in [0.717, 1.165) is 23.3 Å². The second kappa shape index (κ2) is 8.08. The van der Waals surface area contributed by atoms with E-state index < -0.39 is 0 Å². The smallest absolute Gasteiger partial charge is 0.119 e. The second-order valence-electron chi connectivity index (χ2n) is 4.22. The molecule has 0 aromatic heterocycles. The molecule has 1 rings (SSSR count). The fourth-order valence-electron chi connectivity index (χ4n) is 1.80. The van der Waals surface area contributed by atoms with Crippen molar-refractivity contribution in [1.82, 2.24) is 0 Å². The van der Waals surface area contributed by atoms with Crippen molar-refractivity contribution in [2.75, 3.05) is 34.0 Å². The van der Waals surface area contributed by atoms with Crippen LogP contribution in [0.1, 0.15) is 23.6 Å². The molecule has 1 aromatic carbocycles. The third kappa shape index (κ3) is 4.64. The first kappa shape index (κ1) is 15.0. The van der Waals surface area contributed by atoms with Crippen LogP contribution in [-0.2, 0) is 9.47 Å². The van der Waals surface area contributed by atoms with E-state index in [4.69, 9.17) is 19.9 Å². The second-order valence-corrected chi connectivity index (χ2v) is 4.22. The fraction of sp³-hybridized carbons (Fsp3) is 0.571. The maximum atomic E-state index is 6.15. The van der Waals surface area contributed by atoms with Crippen molar-refractivity contribution in [3.05, 3.63) is 29.3 Å². The van der Waals surface area contributed by atoms with E-state index >= 15 is 0 Å². The molecule has 0 aliphatic carbocycles. The van der Waals surface area contributed by atoms with E-state index in [0.29, 0.717) is 19.8 Å². The number of nitrogens with two attached hydrogens (primary N) is 1. The van der Waals surface area contributed by atoms with E-state index in [1.165, 1.54) is 0 Å². The zero-order valence-electron chi connectivity index (χ0n) is 11.4. The summed E-state index contributed by atoms with van der Waals surface area (Å²) in [6, 6.07) is 5.96. The topological polar surface area (TPSA) is 53.7 Å². The Hall–Kier alpha value is -1.10. The Bertz CT molecular complexity index is 355. The number of methoxy groups -OCH3 is 2. The van der Waals surface area contributed by atoms with Crippen molar-refractivity contribution in [2.24, 2.45) is 5.73 Å². The van der Waals surface area contributed by atoms with Crippen molar-refractivity contribution in [1.29, 1.82) is 0 Å². The minimum Gasteiger partial charge on any atom is -0.497 e. The van der Waals surface area contributed by atoms with E-state index in [-0.39, 0.29) is 6.04 Å². The normalized spacial score (nSPS) is 12.4. The molecule has 0 heterocycles. The highest BCUT2D eigenvalue weighted by Crippen LogP contribution is 2.22. The third-order valence-corrected chi connectivity index (χ3v) is 2.88. The van der Waals surface area contributed by atoms with Crippen molar-refractivity contribution >= 4 is 0 Å². The van der Waals surface area contributed by atoms with E-state index in [1.54, 1.807) is 14.2 Å². The molecule has 0 radical (unpaired) electrons. The van der Waals surface area contributed by atoms with Crippen LogP contribution in [-0.4, -0.2) is 34.0 Å². The Balaban J connectivity index is 2.43. The summed E-state index contributed by atoms with van der Waals surface area (Å²) < 4.78 is 15.5. The van der Waals surface area contributed by atoms with Gasteiger partial charge >= 0.3 is 0 Å². The molecule has 102 valence electrons. The van der Waals surface area contributed by atoms with Crippen LogP contribution < -0.4 is 10.5 Å². The van der Waals surface area contributed by atoms with E-state index in [1.807, 2.05) is 25.1 Å². The van der Waals surface area contributed by atoms with Crippen LogP contribution in [0, 0.1) is 6.92 Å². The molecule has 0 saturated carbocycles. The van der Waals surface area contributed by atoms with Gasteiger partial charge in [0.25, 0.3) is 0 Å². The zero-order chi connectivity index (χ0) is 13.4. The molecule has 0 spiro atoms. The maximum Gasteiger partial charge on any atom is 0.119 e. The molecule has 0 bridgehead atoms. The SMILES string of the molecule is COCCOCCC(N)c1ccc(OC)cc1C. The molecule has 4 nitrogen and oxygen atoms in total. The summed E-state index contributed by atoms with van der Waals surface area (Å²) in [5, 5.41) is 0. The van der Waals surface area contributed by atoms with Gasteiger partial charge in [-0.3, -0.25) is 0 Å². The van der Waals surface area contributed by atoms with Crippen molar-refractivity contribution in [3.8, 4) is 5.75 Å². The summed E-state index contributed by atoms with van der Waals surface area (Å²) in [7, 11) is 3.33. The first-order valence-electron chi connectivity index (χ1n) is 6.15. The third-order valence-electron chi connectivity index (χ3n) is 2.88. The van der Waals surface area contributed by atoms with Gasteiger partial charge in [-0.15, -0.1) is 0 Å². The largest absolute Gasteiger partial charge is 0.497 e. The summed E-state index contributed by atoms with van der Waals surface area (Å²) >= 11 is 0. The Kier molecular flexibility index (Phi) is 6.72. The van der Waals surface area contributed by atoms with Crippen molar-refractivity contribution in [3.63, 3.8) is 0 Å². The highest BCUT2D eigenvalue weighted by molar-refractivity contribution is 5.36. The lowest BCUT2D eigenvalue weighted by Crippen LogP contribution is -2.15. The summed E-state index contributed by atoms with van der Waals surface area (Å²) in [5.74, 6) is 0.861. The number of rotatable bonds is 8. The van der Waals surface area contributed by atoms with Gasteiger partial charge in [-0.25, -0.2) is 0 Å². The number of aryl methyl sites for hydroxylation is 1. The predicted octanol–water partition coefficient (Wildman–Crippen LogP) is 2.06. The van der Waals surface area contributed by atoms with Crippen molar-refractivity contribution in [2.45, 2.75) is 19.4 Å². The average molecular weight is 253 g/mol. The minimum atomic E-state index is -0.00143. The molecule has 4 heteroatoms. The lowest BCUT2D eigenvalue weighted by Gasteiger charge is -2.15. The Morgan fingerprint density at radius 2 is 1.94 bits per heavy atom. The molecule has 1 atom stereocenters. The minimum absolute atomic E-state index is 0.00143. The van der Waals surface area contributed by atoms with Gasteiger partial charge in [-0.1, -0.05) is 6.07 Å². The maximum absolute atomic E-state index is 6.15. The first-order chi connectivity index (χ1) is 8.69. The quantitative estimate of drug-likeness (QED) is 0.720. The molecule has 0 amide bonds. The monoisotopic (exact) mass is 253 g/mol. The van der Waals surface area contributed by atoms with Crippen molar-refractivity contribution < 1.29 is 14.2 Å². The lowest BCUT2D eigenvalue weighted by atomic mass is 9.99. The Morgan fingerprint density at radius 3 is 2.56 bits per heavy atom. The number of hydrogen-bond donors (Lipinski definition) is 1. The highest BCUT2D eigenvalue weighted by atomic mass is 16.5. The average Bonchev–Trinajstić information content (AvgIpc) is 2.38. The molecule has 0 aliphatic rings. The highest BCUT2D eigenvalue weighted by Gasteiger charge is 2.09. The molecular weight excluding hydrogens is 230 g/mol. The van der Waals surface area contributed by atoms with Gasteiger partial charge in [0.15, 0.2) is 0 Å². The van der Waals surface area contributed by atoms with Gasteiger partial charge in [-0.2, -0.15) is 0 Å². The van der Waals surface area contributed by atoms with Gasteiger partial charge < -0.3 is 19.9 Å². The Labute approximate surface area is 109 Å². The van der Waals surface area contributed by atoms with Crippen LogP contribution in [0.3, 0.4) is 0 Å². The number of benzene rings is 1. The summed E-state index contributed by atoms with van der Waals surface area (Å²) in [5.41, 5.74) is 8.45. The molecule has 18 heavy (non-hydrogen) atoms. The summed E-state index contributed by atoms with van der Waals surface area (Å²) in [6.45, 7) is 3.93. The van der Waals surface area contributed by atoms with Gasteiger partial charge in [0.1, 0.15) is 5.75 Å². The fourth-order valence-corrected chi connectivity index (χ4v) is 1.80. The number of ether oxygens (including phenoxy) is 3. The van der Waals surface area contributed by atoms with Gasteiger partial charge in [0.05, 0.1) is 20.3 Å².